The molecule has 6 unspecified atom stereocenters. The number of carbonyl (C=O) groups is 1. The minimum atomic E-state index is 0.282. The highest BCUT2D eigenvalue weighted by atomic mass is 16.1. The van der Waals surface area contributed by atoms with E-state index < -0.39 is 0 Å². The highest BCUT2D eigenvalue weighted by Crippen LogP contribution is 2.75. The van der Waals surface area contributed by atoms with Gasteiger partial charge in [-0.2, -0.15) is 0 Å². The molecule has 4 fully saturated rings. The van der Waals surface area contributed by atoms with Crippen LogP contribution in [-0.2, 0) is 4.79 Å². The molecule has 5 aliphatic carbocycles. The van der Waals surface area contributed by atoms with Gasteiger partial charge < -0.3 is 0 Å². The summed E-state index contributed by atoms with van der Waals surface area (Å²) in [5.41, 5.74) is 4.00. The summed E-state index contributed by atoms with van der Waals surface area (Å²) in [5.74, 6) is 4.42. The summed E-state index contributed by atoms with van der Waals surface area (Å²) >= 11 is 0. The van der Waals surface area contributed by atoms with Crippen molar-refractivity contribution in [2.75, 3.05) is 0 Å². The first-order valence-electron chi connectivity index (χ1n) is 11.0. The number of allylic oxidation sites excluding steroid dienone is 4. The Bertz CT molecular complexity index is 693. The van der Waals surface area contributed by atoms with E-state index in [1.807, 2.05) is 0 Å². The van der Waals surface area contributed by atoms with E-state index in [2.05, 4.69) is 26.2 Å². The molecule has 140 valence electrons. The minimum Gasteiger partial charge on any atom is -0.295 e. The van der Waals surface area contributed by atoms with Gasteiger partial charge in [0, 0.05) is 6.42 Å². The summed E-state index contributed by atoms with van der Waals surface area (Å²) in [6.07, 6.45) is 16.9. The second-order valence-corrected chi connectivity index (χ2v) is 10.5. The fourth-order valence-electron chi connectivity index (χ4n) is 8.17. The van der Waals surface area contributed by atoms with Crippen LogP contribution in [0.1, 0.15) is 71.1 Å². The number of fused-ring (bicyclic) bond motifs is 5. The minimum absolute atomic E-state index is 0.282. The number of hydrogen-bond acceptors (Lipinski definition) is 1. The molecule has 0 amide bonds. The van der Waals surface area contributed by atoms with Crippen molar-refractivity contribution >= 4 is 5.78 Å². The molecule has 4 saturated carbocycles. The van der Waals surface area contributed by atoms with Gasteiger partial charge in [0.2, 0.25) is 0 Å². The van der Waals surface area contributed by atoms with Gasteiger partial charge in [-0.25, -0.2) is 0 Å². The van der Waals surface area contributed by atoms with Gasteiger partial charge in [-0.05, 0) is 104 Å². The van der Waals surface area contributed by atoms with E-state index in [0.717, 1.165) is 30.1 Å². The van der Waals surface area contributed by atoms with Gasteiger partial charge in [0.15, 0.2) is 5.78 Å². The zero-order valence-corrected chi connectivity index (χ0v) is 16.4. The average Bonchev–Trinajstić information content (AvgIpc) is 3.36. The zero-order chi connectivity index (χ0) is 18.1. The maximum Gasteiger partial charge on any atom is 0.155 e. The molecule has 0 heterocycles. The van der Waals surface area contributed by atoms with Crippen LogP contribution < -0.4 is 0 Å². The number of ketones is 1. The normalized spacial score (nSPS) is 45.3. The first kappa shape index (κ1) is 17.0. The monoisotopic (exact) mass is 350 g/mol. The lowest BCUT2D eigenvalue weighted by Gasteiger charge is -2.54. The Hall–Kier alpha value is -1.11. The number of rotatable bonds is 3. The molecule has 0 bridgehead atoms. The standard InChI is InChI=1S/C25H34O/c1-4-18(26)14-23-24(3)10-9-20-19-7-5-16(2)13-17(19)6-8-21(20)22(24)15-25(23)11-12-25/h4,13,19-23H,1-2,5-12,14-15H2,3H3. The van der Waals surface area contributed by atoms with Crippen LogP contribution >= 0.6 is 0 Å². The maximum atomic E-state index is 12.3. The van der Waals surface area contributed by atoms with Crippen molar-refractivity contribution in [2.24, 2.45) is 40.4 Å². The molecular weight excluding hydrogens is 316 g/mol. The van der Waals surface area contributed by atoms with Gasteiger partial charge in [-0.15, -0.1) is 0 Å². The first-order valence-corrected chi connectivity index (χ1v) is 11.0. The summed E-state index contributed by atoms with van der Waals surface area (Å²) in [6.45, 7) is 10.5. The molecule has 0 saturated heterocycles. The maximum absolute atomic E-state index is 12.3. The molecule has 0 aliphatic heterocycles. The fourth-order valence-corrected chi connectivity index (χ4v) is 8.17. The molecule has 0 aromatic heterocycles. The molecule has 0 aromatic carbocycles. The molecule has 0 N–H and O–H groups in total. The number of carbonyl (C=O) groups excluding carboxylic acids is 1. The Labute approximate surface area is 159 Å². The van der Waals surface area contributed by atoms with E-state index in [1.54, 1.807) is 11.6 Å². The van der Waals surface area contributed by atoms with Crippen LogP contribution in [0.15, 0.2) is 36.5 Å². The largest absolute Gasteiger partial charge is 0.295 e. The molecule has 1 nitrogen and oxygen atoms in total. The lowest BCUT2D eigenvalue weighted by Crippen LogP contribution is -2.46. The van der Waals surface area contributed by atoms with E-state index in [4.69, 9.17) is 0 Å². The van der Waals surface area contributed by atoms with Crippen LogP contribution in [0.4, 0.5) is 0 Å². The lowest BCUT2D eigenvalue weighted by molar-refractivity contribution is -0.117. The van der Waals surface area contributed by atoms with E-state index in [1.165, 1.54) is 63.4 Å². The van der Waals surface area contributed by atoms with Crippen molar-refractivity contribution in [3.63, 3.8) is 0 Å². The van der Waals surface area contributed by atoms with Gasteiger partial charge in [0.25, 0.3) is 0 Å². The van der Waals surface area contributed by atoms with Gasteiger partial charge >= 0.3 is 0 Å². The van der Waals surface area contributed by atoms with Crippen molar-refractivity contribution in [1.82, 2.24) is 0 Å². The molecular formula is C25H34O. The van der Waals surface area contributed by atoms with Crippen LogP contribution in [0.3, 0.4) is 0 Å². The highest BCUT2D eigenvalue weighted by Gasteiger charge is 2.67. The fraction of sp³-hybridized carbons (Fsp3) is 0.720. The summed E-state index contributed by atoms with van der Waals surface area (Å²) in [4.78, 5) is 12.3. The van der Waals surface area contributed by atoms with Gasteiger partial charge in [-0.3, -0.25) is 4.79 Å². The molecule has 0 radical (unpaired) electrons. The van der Waals surface area contributed by atoms with Crippen molar-refractivity contribution in [1.29, 1.82) is 0 Å². The molecule has 6 atom stereocenters. The Morgan fingerprint density at radius 2 is 2.00 bits per heavy atom. The topological polar surface area (TPSA) is 17.1 Å². The Morgan fingerprint density at radius 3 is 2.73 bits per heavy atom. The van der Waals surface area contributed by atoms with Crippen molar-refractivity contribution in [3.05, 3.63) is 36.5 Å². The quantitative estimate of drug-likeness (QED) is 0.548. The van der Waals surface area contributed by atoms with E-state index in [9.17, 15) is 4.79 Å². The van der Waals surface area contributed by atoms with E-state index in [0.29, 0.717) is 16.7 Å². The molecule has 1 spiro atoms. The molecule has 26 heavy (non-hydrogen) atoms. The summed E-state index contributed by atoms with van der Waals surface area (Å²) in [5, 5.41) is 0. The molecule has 5 rings (SSSR count). The predicted octanol–water partition coefficient (Wildman–Crippen LogP) is 6.27. The molecule has 1 heteroatoms. The van der Waals surface area contributed by atoms with Gasteiger partial charge in [-0.1, -0.05) is 37.3 Å². The molecule has 0 aromatic rings. The van der Waals surface area contributed by atoms with E-state index in [-0.39, 0.29) is 5.78 Å². The van der Waals surface area contributed by atoms with Crippen molar-refractivity contribution in [3.8, 4) is 0 Å². The van der Waals surface area contributed by atoms with Gasteiger partial charge in [0.05, 0.1) is 0 Å². The average molecular weight is 351 g/mol. The van der Waals surface area contributed by atoms with Crippen LogP contribution in [-0.4, -0.2) is 5.78 Å². The second kappa shape index (κ2) is 5.69. The van der Waals surface area contributed by atoms with Crippen molar-refractivity contribution in [2.45, 2.75) is 71.1 Å². The van der Waals surface area contributed by atoms with Crippen LogP contribution in [0.5, 0.6) is 0 Å². The summed E-state index contributed by atoms with van der Waals surface area (Å²) < 4.78 is 0. The second-order valence-electron chi connectivity index (χ2n) is 10.5. The Morgan fingerprint density at radius 1 is 1.19 bits per heavy atom. The smallest absolute Gasteiger partial charge is 0.155 e. The van der Waals surface area contributed by atoms with Crippen LogP contribution in [0.25, 0.3) is 0 Å². The van der Waals surface area contributed by atoms with Crippen molar-refractivity contribution < 1.29 is 4.79 Å². The van der Waals surface area contributed by atoms with Crippen LogP contribution in [0, 0.1) is 40.4 Å². The first-order chi connectivity index (χ1) is 12.5. The van der Waals surface area contributed by atoms with Gasteiger partial charge in [0.1, 0.15) is 0 Å². The highest BCUT2D eigenvalue weighted by molar-refractivity contribution is 5.89. The third kappa shape index (κ3) is 2.31. The third-order valence-corrected chi connectivity index (χ3v) is 9.54. The third-order valence-electron chi connectivity index (χ3n) is 9.54. The molecule has 5 aliphatic rings. The predicted molar refractivity (Wildman–Crippen MR) is 107 cm³/mol. The Kier molecular flexibility index (Phi) is 3.73. The number of hydrogen-bond donors (Lipinski definition) is 0. The van der Waals surface area contributed by atoms with E-state index >= 15 is 0 Å². The zero-order valence-electron chi connectivity index (χ0n) is 16.4. The van der Waals surface area contributed by atoms with Crippen LogP contribution in [0.2, 0.25) is 0 Å². The SMILES string of the molecule is C=CC(=O)CC1C2(CC2)CC2C3CCC4=CC(=C)CCC4C3CCC21C. The summed E-state index contributed by atoms with van der Waals surface area (Å²) in [6, 6.07) is 0. The lowest BCUT2D eigenvalue weighted by atomic mass is 9.51. The Balaban J connectivity index is 1.45. The summed E-state index contributed by atoms with van der Waals surface area (Å²) in [7, 11) is 0.